The largest absolute Gasteiger partial charge is 0.466 e. The van der Waals surface area contributed by atoms with Crippen LogP contribution in [0.15, 0.2) is 12.2 Å². The number of aliphatic hydroxyl groups is 2. The lowest BCUT2D eigenvalue weighted by atomic mass is 10.0. The predicted octanol–water partition coefficient (Wildman–Crippen LogP) is 19.2. The second-order valence-corrected chi connectivity index (χ2v) is 21.4. The lowest BCUT2D eigenvalue weighted by Crippen LogP contribution is -2.45. The summed E-state index contributed by atoms with van der Waals surface area (Å²) in [5.41, 5.74) is 0. The van der Waals surface area contributed by atoms with E-state index in [4.69, 9.17) is 4.74 Å². The smallest absolute Gasteiger partial charge is 0.305 e. The van der Waals surface area contributed by atoms with Crippen LogP contribution in [-0.2, 0) is 14.3 Å². The molecule has 0 aromatic heterocycles. The summed E-state index contributed by atoms with van der Waals surface area (Å²) < 4.78 is 5.46. The van der Waals surface area contributed by atoms with Crippen molar-refractivity contribution in [3.05, 3.63) is 12.2 Å². The Kier molecular flexibility index (Phi) is 57.0. The third-order valence-corrected chi connectivity index (χ3v) is 14.6. The van der Waals surface area contributed by atoms with E-state index in [1.54, 1.807) is 0 Å². The molecule has 3 N–H and O–H groups in total. The minimum atomic E-state index is -0.667. The monoisotopic (exact) mass is 960 g/mol. The number of nitrogens with one attached hydrogen (secondary N) is 1. The van der Waals surface area contributed by atoms with Gasteiger partial charge in [0, 0.05) is 12.8 Å². The maximum absolute atomic E-state index is 12.5. The van der Waals surface area contributed by atoms with Crippen molar-refractivity contribution in [3.8, 4) is 0 Å². The van der Waals surface area contributed by atoms with Crippen molar-refractivity contribution >= 4 is 11.9 Å². The molecule has 0 rings (SSSR count). The van der Waals surface area contributed by atoms with Gasteiger partial charge >= 0.3 is 5.97 Å². The molecule has 0 fully saturated rings. The van der Waals surface area contributed by atoms with Crippen LogP contribution in [0, 0.1) is 0 Å². The van der Waals surface area contributed by atoms with Gasteiger partial charge in [-0.15, -0.1) is 0 Å². The first kappa shape index (κ1) is 66.6. The Morgan fingerprint density at radius 1 is 0.397 bits per heavy atom. The Bertz CT molecular complexity index is 1020. The molecule has 0 aromatic carbocycles. The van der Waals surface area contributed by atoms with Crippen molar-refractivity contribution in [3.63, 3.8) is 0 Å². The first-order valence-electron chi connectivity index (χ1n) is 30.9. The second-order valence-electron chi connectivity index (χ2n) is 21.4. The van der Waals surface area contributed by atoms with E-state index in [1.807, 2.05) is 0 Å². The third kappa shape index (κ3) is 53.9. The highest BCUT2D eigenvalue weighted by Gasteiger charge is 2.20. The van der Waals surface area contributed by atoms with Crippen molar-refractivity contribution in [2.24, 2.45) is 0 Å². The van der Waals surface area contributed by atoms with E-state index in [-0.39, 0.29) is 18.5 Å². The molecule has 0 aliphatic rings. The number of amides is 1. The van der Waals surface area contributed by atoms with Crippen LogP contribution in [0.4, 0.5) is 0 Å². The summed E-state index contributed by atoms with van der Waals surface area (Å²) in [6, 6.07) is -0.545. The molecule has 0 saturated carbocycles. The molecule has 0 aromatic rings. The van der Waals surface area contributed by atoms with Crippen LogP contribution in [-0.4, -0.2) is 47.4 Å². The maximum Gasteiger partial charge on any atom is 0.305 e. The normalized spacial score (nSPS) is 12.6. The standard InChI is InChI=1S/C62H121NO5/c1-3-5-7-9-11-13-15-17-18-19-20-21-22-25-28-31-34-38-42-46-50-54-60(65)59(58-64)63-61(66)55-51-47-43-39-35-32-29-26-23-24-27-30-33-37-41-45-49-53-57-68-62(67)56-52-48-44-40-36-16-14-12-10-8-6-4-2/h12,14,59-60,64-65H,3-11,13,15-58H2,1-2H3,(H,63,66)/b14-12-. The van der Waals surface area contributed by atoms with Crippen LogP contribution in [0.5, 0.6) is 0 Å². The number of unbranched alkanes of at least 4 members (excludes halogenated alkanes) is 45. The summed E-state index contributed by atoms with van der Waals surface area (Å²) in [6.07, 6.45) is 69.3. The Morgan fingerprint density at radius 2 is 0.691 bits per heavy atom. The van der Waals surface area contributed by atoms with Crippen LogP contribution in [0.25, 0.3) is 0 Å². The fourth-order valence-electron chi connectivity index (χ4n) is 9.81. The Labute approximate surface area is 425 Å². The molecule has 6 heteroatoms. The van der Waals surface area contributed by atoms with Gasteiger partial charge in [0.05, 0.1) is 25.4 Å². The highest BCUT2D eigenvalue weighted by Crippen LogP contribution is 2.18. The molecule has 0 bridgehead atoms. The number of carbonyl (C=O) groups is 2. The van der Waals surface area contributed by atoms with Gasteiger partial charge in [0.15, 0.2) is 0 Å². The van der Waals surface area contributed by atoms with Crippen molar-refractivity contribution in [1.82, 2.24) is 5.32 Å². The number of carbonyl (C=O) groups excluding carboxylic acids is 2. The number of rotatable bonds is 58. The van der Waals surface area contributed by atoms with Crippen molar-refractivity contribution < 1.29 is 24.5 Å². The van der Waals surface area contributed by atoms with E-state index >= 15 is 0 Å². The highest BCUT2D eigenvalue weighted by molar-refractivity contribution is 5.76. The van der Waals surface area contributed by atoms with E-state index in [0.717, 1.165) is 44.9 Å². The van der Waals surface area contributed by atoms with Gasteiger partial charge in [0.25, 0.3) is 0 Å². The Balaban J connectivity index is 3.41. The molecule has 1 amide bonds. The lowest BCUT2D eigenvalue weighted by Gasteiger charge is -2.22. The molecule has 68 heavy (non-hydrogen) atoms. The Morgan fingerprint density at radius 3 is 1.07 bits per heavy atom. The fourth-order valence-corrected chi connectivity index (χ4v) is 9.81. The van der Waals surface area contributed by atoms with Crippen LogP contribution < -0.4 is 5.32 Å². The van der Waals surface area contributed by atoms with Gasteiger partial charge in [0.1, 0.15) is 0 Å². The molecular weight excluding hydrogens is 839 g/mol. The van der Waals surface area contributed by atoms with Gasteiger partial charge < -0.3 is 20.3 Å². The van der Waals surface area contributed by atoms with E-state index in [0.29, 0.717) is 25.9 Å². The van der Waals surface area contributed by atoms with Gasteiger partial charge in [0.2, 0.25) is 5.91 Å². The average Bonchev–Trinajstić information content (AvgIpc) is 3.34. The van der Waals surface area contributed by atoms with Gasteiger partial charge in [-0.3, -0.25) is 9.59 Å². The summed E-state index contributed by atoms with van der Waals surface area (Å²) in [6.45, 7) is 4.95. The molecule has 0 saturated heterocycles. The van der Waals surface area contributed by atoms with E-state index < -0.39 is 12.1 Å². The van der Waals surface area contributed by atoms with Crippen LogP contribution in [0.3, 0.4) is 0 Å². The highest BCUT2D eigenvalue weighted by atomic mass is 16.5. The van der Waals surface area contributed by atoms with Crippen molar-refractivity contribution in [2.45, 2.75) is 360 Å². The molecule has 0 radical (unpaired) electrons. The number of allylic oxidation sites excluding steroid dienone is 2. The van der Waals surface area contributed by atoms with Gasteiger partial charge in [-0.25, -0.2) is 0 Å². The first-order valence-corrected chi connectivity index (χ1v) is 30.9. The third-order valence-electron chi connectivity index (χ3n) is 14.6. The molecule has 6 nitrogen and oxygen atoms in total. The van der Waals surface area contributed by atoms with Crippen LogP contribution in [0.2, 0.25) is 0 Å². The van der Waals surface area contributed by atoms with Gasteiger partial charge in [-0.05, 0) is 51.4 Å². The molecule has 0 spiro atoms. The first-order chi connectivity index (χ1) is 33.5. The molecule has 0 heterocycles. The number of aliphatic hydroxyl groups excluding tert-OH is 2. The molecule has 404 valence electrons. The lowest BCUT2D eigenvalue weighted by molar-refractivity contribution is -0.143. The second kappa shape index (κ2) is 58.2. The van der Waals surface area contributed by atoms with E-state index in [9.17, 15) is 19.8 Å². The van der Waals surface area contributed by atoms with Gasteiger partial charge in [-0.1, -0.05) is 296 Å². The molecule has 0 aliphatic heterocycles. The van der Waals surface area contributed by atoms with Crippen molar-refractivity contribution in [1.29, 1.82) is 0 Å². The van der Waals surface area contributed by atoms with E-state index in [1.165, 1.54) is 270 Å². The van der Waals surface area contributed by atoms with Crippen LogP contribution in [0.1, 0.15) is 348 Å². The van der Waals surface area contributed by atoms with Gasteiger partial charge in [-0.2, -0.15) is 0 Å². The summed E-state index contributed by atoms with van der Waals surface area (Å²) in [5, 5.41) is 23.4. The number of esters is 1. The number of hydrogen-bond donors (Lipinski definition) is 3. The quantitative estimate of drug-likeness (QED) is 0.0321. The summed E-state index contributed by atoms with van der Waals surface area (Å²) in [4.78, 5) is 24.5. The molecule has 0 aliphatic carbocycles. The minimum Gasteiger partial charge on any atom is -0.466 e. The summed E-state index contributed by atoms with van der Waals surface area (Å²) >= 11 is 0. The topological polar surface area (TPSA) is 95.9 Å². The molecule has 2 atom stereocenters. The zero-order valence-corrected chi connectivity index (χ0v) is 46.1. The SMILES string of the molecule is CCCCC/C=C\CCCCCCCC(=O)OCCCCCCCCCCCCCCCCCCCCC(=O)NC(CO)C(O)CCCCCCCCCCCCCCCCCCCCCCC. The van der Waals surface area contributed by atoms with Crippen molar-refractivity contribution in [2.75, 3.05) is 13.2 Å². The maximum atomic E-state index is 12.5. The summed E-state index contributed by atoms with van der Waals surface area (Å²) in [7, 11) is 0. The molecular formula is C62H121NO5. The fraction of sp³-hybridized carbons (Fsp3) is 0.935. The van der Waals surface area contributed by atoms with E-state index in [2.05, 4.69) is 31.3 Å². The number of ether oxygens (including phenoxy) is 1. The predicted molar refractivity (Wildman–Crippen MR) is 297 cm³/mol. The zero-order chi connectivity index (χ0) is 49.3. The zero-order valence-electron chi connectivity index (χ0n) is 46.1. The Hall–Kier alpha value is -1.40. The average molecular weight is 961 g/mol. The molecule has 2 unspecified atom stereocenters. The minimum absolute atomic E-state index is 0.00185. The number of hydrogen-bond acceptors (Lipinski definition) is 5. The van der Waals surface area contributed by atoms with Crippen LogP contribution >= 0.6 is 0 Å². The summed E-state index contributed by atoms with van der Waals surface area (Å²) in [5.74, 6) is -0.0371.